The molecule has 7 heteroatoms. The van der Waals surface area contributed by atoms with Crippen molar-refractivity contribution in [2.45, 2.75) is 26.6 Å². The number of rotatable bonds is 2. The summed E-state index contributed by atoms with van der Waals surface area (Å²) in [6.45, 7) is 4.58. The molecule has 0 aliphatic carbocycles. The molecule has 2 rings (SSSR count). The average molecular weight is 405 g/mol. The van der Waals surface area contributed by atoms with E-state index in [1.165, 1.54) is 32.2 Å². The van der Waals surface area contributed by atoms with Crippen molar-refractivity contribution in [2.24, 2.45) is 0 Å². The van der Waals surface area contributed by atoms with E-state index in [0.29, 0.717) is 14.8 Å². The number of nitrogens with one attached hydrogen (secondary N) is 1. The van der Waals surface area contributed by atoms with Crippen molar-refractivity contribution in [1.29, 1.82) is 0 Å². The summed E-state index contributed by atoms with van der Waals surface area (Å²) in [4.78, 5) is 23.5. The van der Waals surface area contributed by atoms with Gasteiger partial charge in [-0.25, -0.2) is 14.0 Å². The molecule has 21 heavy (non-hydrogen) atoms. The van der Waals surface area contributed by atoms with Gasteiger partial charge in [0.25, 0.3) is 5.79 Å². The topological polar surface area (TPSA) is 64.6 Å². The maximum absolute atomic E-state index is 13.4. The van der Waals surface area contributed by atoms with Crippen LogP contribution in [-0.4, -0.2) is 17.7 Å². The first-order valence-corrected chi connectivity index (χ1v) is 7.17. The van der Waals surface area contributed by atoms with E-state index in [2.05, 4.69) is 5.32 Å². The summed E-state index contributed by atoms with van der Waals surface area (Å²) in [5.74, 6) is -3.13. The summed E-state index contributed by atoms with van der Waals surface area (Å²) < 4.78 is 24.0. The Morgan fingerprint density at radius 1 is 1.24 bits per heavy atom. The molecule has 0 unspecified atom stereocenters. The van der Waals surface area contributed by atoms with E-state index in [1.807, 2.05) is 22.6 Å². The summed E-state index contributed by atoms with van der Waals surface area (Å²) in [5.41, 5.74) is 0.813. The Morgan fingerprint density at radius 3 is 2.38 bits per heavy atom. The van der Waals surface area contributed by atoms with Gasteiger partial charge in [-0.05, 0) is 41.6 Å². The highest BCUT2D eigenvalue weighted by Crippen LogP contribution is 2.26. The SMILES string of the molecule is Cc1c(F)ccc(NC=C2C(=O)OC(C)(C)OC2=O)c1I. The molecule has 0 atom stereocenters. The number of carbonyl (C=O) groups excluding carboxylic acids is 2. The molecule has 1 heterocycles. The van der Waals surface area contributed by atoms with E-state index in [9.17, 15) is 14.0 Å². The lowest BCUT2D eigenvalue weighted by atomic mass is 10.2. The van der Waals surface area contributed by atoms with Crippen LogP contribution in [-0.2, 0) is 19.1 Å². The van der Waals surface area contributed by atoms with Gasteiger partial charge in [-0.2, -0.15) is 0 Å². The second kappa shape index (κ2) is 5.63. The van der Waals surface area contributed by atoms with Crippen molar-refractivity contribution in [3.8, 4) is 0 Å². The number of anilines is 1. The number of hydrogen-bond acceptors (Lipinski definition) is 5. The normalized spacial score (nSPS) is 17.1. The lowest BCUT2D eigenvalue weighted by molar-refractivity contribution is -0.222. The number of benzene rings is 1. The van der Waals surface area contributed by atoms with Crippen molar-refractivity contribution in [3.05, 3.63) is 38.9 Å². The van der Waals surface area contributed by atoms with E-state index in [1.54, 1.807) is 6.92 Å². The fourth-order valence-electron chi connectivity index (χ4n) is 1.70. The first-order chi connectivity index (χ1) is 9.71. The van der Waals surface area contributed by atoms with Crippen LogP contribution in [0.3, 0.4) is 0 Å². The number of halogens is 2. The third-order valence-electron chi connectivity index (χ3n) is 2.81. The Kier molecular flexibility index (Phi) is 4.22. The Morgan fingerprint density at radius 2 is 1.81 bits per heavy atom. The van der Waals surface area contributed by atoms with Gasteiger partial charge in [0.1, 0.15) is 5.82 Å². The Hall–Kier alpha value is -1.64. The standard InChI is InChI=1S/C14H13FINO4/c1-7-9(15)4-5-10(11(7)16)17-6-8-12(18)20-14(2,3)21-13(8)19/h4-6,17H,1-3H3. The molecular weight excluding hydrogens is 392 g/mol. The average Bonchev–Trinajstić information content (AvgIpc) is 2.36. The van der Waals surface area contributed by atoms with Crippen LogP contribution >= 0.6 is 22.6 Å². The molecule has 1 aliphatic rings. The lowest BCUT2D eigenvalue weighted by Crippen LogP contribution is -2.42. The minimum absolute atomic E-state index is 0.243. The summed E-state index contributed by atoms with van der Waals surface area (Å²) in [6.07, 6.45) is 1.20. The summed E-state index contributed by atoms with van der Waals surface area (Å²) >= 11 is 1.98. The summed E-state index contributed by atoms with van der Waals surface area (Å²) in [5, 5.41) is 2.80. The molecule has 1 aliphatic heterocycles. The van der Waals surface area contributed by atoms with Crippen LogP contribution in [0, 0.1) is 16.3 Å². The van der Waals surface area contributed by atoms with Crippen LogP contribution in [0.5, 0.6) is 0 Å². The molecule has 1 aromatic carbocycles. The molecule has 1 fully saturated rings. The number of cyclic esters (lactones) is 2. The molecular formula is C14H13FINO4. The highest BCUT2D eigenvalue weighted by molar-refractivity contribution is 14.1. The van der Waals surface area contributed by atoms with E-state index in [4.69, 9.17) is 9.47 Å². The first-order valence-electron chi connectivity index (χ1n) is 6.09. The van der Waals surface area contributed by atoms with Gasteiger partial charge in [-0.1, -0.05) is 0 Å². The van der Waals surface area contributed by atoms with Crippen molar-refractivity contribution < 1.29 is 23.5 Å². The molecule has 0 radical (unpaired) electrons. The Bertz CT molecular complexity index is 633. The first kappa shape index (κ1) is 15.7. The molecule has 5 nitrogen and oxygen atoms in total. The number of carbonyl (C=O) groups is 2. The lowest BCUT2D eigenvalue weighted by Gasteiger charge is -2.29. The number of ether oxygens (including phenoxy) is 2. The van der Waals surface area contributed by atoms with Crippen LogP contribution in [0.2, 0.25) is 0 Å². The highest BCUT2D eigenvalue weighted by atomic mass is 127. The van der Waals surface area contributed by atoms with Gasteiger partial charge in [0, 0.05) is 29.2 Å². The second-order valence-electron chi connectivity index (χ2n) is 4.92. The predicted molar refractivity (Wildman–Crippen MR) is 81.8 cm³/mol. The zero-order valence-corrected chi connectivity index (χ0v) is 13.8. The fraction of sp³-hybridized carbons (Fsp3) is 0.286. The molecule has 1 aromatic rings. The van der Waals surface area contributed by atoms with Gasteiger partial charge in [-0.3, -0.25) is 0 Å². The summed E-state index contributed by atoms with van der Waals surface area (Å²) in [7, 11) is 0. The fourth-order valence-corrected chi connectivity index (χ4v) is 2.29. The molecule has 0 saturated carbocycles. The quantitative estimate of drug-likeness (QED) is 0.355. The predicted octanol–water partition coefficient (Wildman–Crippen LogP) is 2.87. The third kappa shape index (κ3) is 3.34. The zero-order valence-electron chi connectivity index (χ0n) is 11.6. The maximum Gasteiger partial charge on any atom is 0.350 e. The highest BCUT2D eigenvalue weighted by Gasteiger charge is 2.38. The van der Waals surface area contributed by atoms with Crippen LogP contribution < -0.4 is 5.32 Å². The third-order valence-corrected chi connectivity index (χ3v) is 4.20. The summed E-state index contributed by atoms with van der Waals surface area (Å²) in [6, 6.07) is 2.82. The van der Waals surface area contributed by atoms with Crippen LogP contribution in [0.4, 0.5) is 10.1 Å². The molecule has 0 amide bonds. The van der Waals surface area contributed by atoms with Gasteiger partial charge in [0.15, 0.2) is 5.57 Å². The van der Waals surface area contributed by atoms with E-state index in [-0.39, 0.29) is 11.4 Å². The smallest absolute Gasteiger partial charge is 0.350 e. The molecule has 112 valence electrons. The van der Waals surface area contributed by atoms with E-state index < -0.39 is 17.7 Å². The van der Waals surface area contributed by atoms with Gasteiger partial charge in [-0.15, -0.1) is 0 Å². The van der Waals surface area contributed by atoms with Crippen molar-refractivity contribution >= 4 is 40.2 Å². The monoisotopic (exact) mass is 405 g/mol. The van der Waals surface area contributed by atoms with E-state index in [0.717, 1.165) is 0 Å². The van der Waals surface area contributed by atoms with E-state index >= 15 is 0 Å². The minimum Gasteiger partial charge on any atom is -0.419 e. The van der Waals surface area contributed by atoms with Gasteiger partial charge < -0.3 is 14.8 Å². The molecule has 0 spiro atoms. The Balaban J connectivity index is 2.24. The maximum atomic E-state index is 13.4. The van der Waals surface area contributed by atoms with Crippen molar-refractivity contribution in [2.75, 3.05) is 5.32 Å². The van der Waals surface area contributed by atoms with Crippen LogP contribution in [0.1, 0.15) is 19.4 Å². The molecule has 1 saturated heterocycles. The Labute approximate surface area is 134 Å². The molecule has 0 aromatic heterocycles. The largest absolute Gasteiger partial charge is 0.419 e. The molecule has 0 bridgehead atoms. The molecule has 1 N–H and O–H groups in total. The number of hydrogen-bond donors (Lipinski definition) is 1. The van der Waals surface area contributed by atoms with Gasteiger partial charge in [0.05, 0.1) is 5.69 Å². The van der Waals surface area contributed by atoms with Crippen molar-refractivity contribution in [3.63, 3.8) is 0 Å². The zero-order chi connectivity index (χ0) is 15.8. The second-order valence-corrected chi connectivity index (χ2v) is 5.99. The van der Waals surface area contributed by atoms with Crippen molar-refractivity contribution in [1.82, 2.24) is 0 Å². The minimum atomic E-state index is -1.27. The van der Waals surface area contributed by atoms with Crippen LogP contribution in [0.15, 0.2) is 23.9 Å². The van der Waals surface area contributed by atoms with Gasteiger partial charge >= 0.3 is 11.9 Å². The number of esters is 2. The van der Waals surface area contributed by atoms with Gasteiger partial charge in [0.2, 0.25) is 0 Å². The van der Waals surface area contributed by atoms with Crippen LogP contribution in [0.25, 0.3) is 0 Å².